The van der Waals surface area contributed by atoms with Gasteiger partial charge in [0, 0.05) is 17.8 Å². The van der Waals surface area contributed by atoms with E-state index in [0.717, 1.165) is 24.6 Å². The van der Waals surface area contributed by atoms with Gasteiger partial charge in [0.05, 0.1) is 4.90 Å². The fraction of sp³-hybridized carbons (Fsp3) is 0.235. The van der Waals surface area contributed by atoms with Crippen molar-refractivity contribution in [3.05, 3.63) is 59.7 Å². The van der Waals surface area contributed by atoms with Crippen molar-refractivity contribution in [2.75, 3.05) is 11.9 Å². The number of hydrogen-bond donors (Lipinski definition) is 2. The number of halogens is 2. The van der Waals surface area contributed by atoms with E-state index in [1.165, 1.54) is 24.3 Å². The van der Waals surface area contributed by atoms with Crippen molar-refractivity contribution in [3.63, 3.8) is 0 Å². The van der Waals surface area contributed by atoms with Crippen LogP contribution >= 0.6 is 0 Å². The SMILES string of the molecule is CCCCNS(=O)(=O)c1cccc(NC(=O)c2ccc(F)c(F)c2)c1. The molecule has 25 heavy (non-hydrogen) atoms. The van der Waals surface area contributed by atoms with E-state index in [1.54, 1.807) is 0 Å². The monoisotopic (exact) mass is 368 g/mol. The number of amides is 1. The lowest BCUT2D eigenvalue weighted by atomic mass is 10.2. The third-order valence-corrected chi connectivity index (χ3v) is 4.87. The first-order valence-corrected chi connectivity index (χ1v) is 9.18. The van der Waals surface area contributed by atoms with Crippen LogP contribution in [0.25, 0.3) is 0 Å². The van der Waals surface area contributed by atoms with Crippen molar-refractivity contribution in [2.24, 2.45) is 0 Å². The van der Waals surface area contributed by atoms with E-state index in [2.05, 4.69) is 10.0 Å². The van der Waals surface area contributed by atoms with Crippen molar-refractivity contribution < 1.29 is 22.0 Å². The normalized spacial score (nSPS) is 11.3. The van der Waals surface area contributed by atoms with Crippen LogP contribution < -0.4 is 10.0 Å². The zero-order chi connectivity index (χ0) is 18.4. The minimum Gasteiger partial charge on any atom is -0.322 e. The maximum Gasteiger partial charge on any atom is 0.255 e. The Morgan fingerprint density at radius 3 is 2.52 bits per heavy atom. The average molecular weight is 368 g/mol. The van der Waals surface area contributed by atoms with Crippen LogP contribution in [0.1, 0.15) is 30.1 Å². The van der Waals surface area contributed by atoms with E-state index in [0.29, 0.717) is 13.0 Å². The maximum atomic E-state index is 13.2. The molecular weight excluding hydrogens is 350 g/mol. The van der Waals surface area contributed by atoms with Crippen LogP contribution in [0.3, 0.4) is 0 Å². The second-order valence-corrected chi connectivity index (χ2v) is 7.13. The Labute approximate surface area is 145 Å². The molecule has 0 aliphatic rings. The average Bonchev–Trinajstić information content (AvgIpc) is 2.57. The third kappa shape index (κ3) is 5.07. The van der Waals surface area contributed by atoms with Gasteiger partial charge in [-0.05, 0) is 42.8 Å². The van der Waals surface area contributed by atoms with E-state index >= 15 is 0 Å². The molecule has 1 amide bonds. The molecule has 0 aromatic heterocycles. The largest absolute Gasteiger partial charge is 0.322 e. The Morgan fingerprint density at radius 2 is 1.84 bits per heavy atom. The fourth-order valence-corrected chi connectivity index (χ4v) is 3.17. The van der Waals surface area contributed by atoms with E-state index in [-0.39, 0.29) is 16.1 Å². The summed E-state index contributed by atoms with van der Waals surface area (Å²) >= 11 is 0. The first kappa shape index (κ1) is 19.0. The molecule has 0 unspecified atom stereocenters. The first-order valence-electron chi connectivity index (χ1n) is 7.69. The molecule has 2 aromatic carbocycles. The van der Waals surface area contributed by atoms with Crippen LogP contribution in [-0.4, -0.2) is 20.9 Å². The van der Waals surface area contributed by atoms with E-state index < -0.39 is 27.6 Å². The molecule has 2 aromatic rings. The number of nitrogens with one attached hydrogen (secondary N) is 2. The first-order chi connectivity index (χ1) is 11.8. The topological polar surface area (TPSA) is 75.3 Å². The molecule has 134 valence electrons. The summed E-state index contributed by atoms with van der Waals surface area (Å²) in [6, 6.07) is 8.45. The lowest BCUT2D eigenvalue weighted by molar-refractivity contribution is 0.102. The van der Waals surface area contributed by atoms with Crippen LogP contribution in [0, 0.1) is 11.6 Å². The zero-order valence-electron chi connectivity index (χ0n) is 13.6. The molecule has 8 heteroatoms. The Balaban J connectivity index is 2.15. The van der Waals surface area contributed by atoms with Crippen molar-refractivity contribution in [1.29, 1.82) is 0 Å². The molecule has 0 saturated heterocycles. The summed E-state index contributed by atoms with van der Waals surface area (Å²) in [6.45, 7) is 2.27. The van der Waals surface area contributed by atoms with Gasteiger partial charge < -0.3 is 5.32 Å². The molecule has 0 radical (unpaired) electrons. The zero-order valence-corrected chi connectivity index (χ0v) is 14.4. The van der Waals surface area contributed by atoms with Gasteiger partial charge in [0.25, 0.3) is 5.91 Å². The number of sulfonamides is 1. The van der Waals surface area contributed by atoms with E-state index in [4.69, 9.17) is 0 Å². The van der Waals surface area contributed by atoms with Crippen LogP contribution in [-0.2, 0) is 10.0 Å². The predicted octanol–water partition coefficient (Wildman–Crippen LogP) is 3.30. The summed E-state index contributed by atoms with van der Waals surface area (Å²) in [5, 5.41) is 2.46. The van der Waals surface area contributed by atoms with Crippen molar-refractivity contribution in [1.82, 2.24) is 4.72 Å². The molecule has 0 aliphatic carbocycles. The second kappa shape index (κ2) is 8.17. The minimum atomic E-state index is -3.68. The summed E-state index contributed by atoms with van der Waals surface area (Å²) in [7, 11) is -3.68. The van der Waals surface area contributed by atoms with Gasteiger partial charge in [-0.3, -0.25) is 4.79 Å². The standard InChI is InChI=1S/C17H18F2N2O3S/c1-2-3-9-20-25(23,24)14-6-4-5-13(11-14)21-17(22)12-7-8-15(18)16(19)10-12/h4-8,10-11,20H,2-3,9H2,1H3,(H,21,22). The number of rotatable bonds is 7. The molecule has 0 spiro atoms. The van der Waals surface area contributed by atoms with Gasteiger partial charge in [0.1, 0.15) is 0 Å². The summed E-state index contributed by atoms with van der Waals surface area (Å²) in [5.41, 5.74) is 0.154. The molecule has 0 heterocycles. The van der Waals surface area contributed by atoms with Gasteiger partial charge in [-0.1, -0.05) is 19.4 Å². The van der Waals surface area contributed by atoms with Crippen molar-refractivity contribution in [2.45, 2.75) is 24.7 Å². The number of hydrogen-bond acceptors (Lipinski definition) is 3. The smallest absolute Gasteiger partial charge is 0.255 e. The number of carbonyl (C=O) groups is 1. The lowest BCUT2D eigenvalue weighted by Gasteiger charge is -2.09. The van der Waals surface area contributed by atoms with Crippen molar-refractivity contribution in [3.8, 4) is 0 Å². The Morgan fingerprint density at radius 1 is 1.08 bits per heavy atom. The van der Waals surface area contributed by atoms with Crippen LogP contribution in [0.5, 0.6) is 0 Å². The number of carbonyl (C=O) groups excluding carboxylic acids is 1. The van der Waals surface area contributed by atoms with Gasteiger partial charge in [0.2, 0.25) is 10.0 Å². The molecular formula is C17H18F2N2O3S. The van der Waals surface area contributed by atoms with Gasteiger partial charge in [-0.2, -0.15) is 0 Å². The third-order valence-electron chi connectivity index (χ3n) is 3.41. The Kier molecular flexibility index (Phi) is 6.22. The van der Waals surface area contributed by atoms with E-state index in [1.807, 2.05) is 6.92 Å². The predicted molar refractivity (Wildman–Crippen MR) is 90.8 cm³/mol. The van der Waals surface area contributed by atoms with Crippen LogP contribution in [0.15, 0.2) is 47.4 Å². The molecule has 0 saturated carbocycles. The van der Waals surface area contributed by atoms with Crippen LogP contribution in [0.4, 0.5) is 14.5 Å². The molecule has 0 atom stereocenters. The van der Waals surface area contributed by atoms with Gasteiger partial charge in [-0.15, -0.1) is 0 Å². The molecule has 0 bridgehead atoms. The summed E-state index contributed by atoms with van der Waals surface area (Å²) < 4.78 is 53.0. The fourth-order valence-electron chi connectivity index (χ4n) is 2.05. The van der Waals surface area contributed by atoms with Gasteiger partial charge in [-0.25, -0.2) is 21.9 Å². The molecule has 0 aliphatic heterocycles. The highest BCUT2D eigenvalue weighted by atomic mass is 32.2. The second-order valence-electron chi connectivity index (χ2n) is 5.36. The molecule has 2 N–H and O–H groups in total. The highest BCUT2D eigenvalue weighted by molar-refractivity contribution is 7.89. The summed E-state index contributed by atoms with van der Waals surface area (Å²) in [6.07, 6.45) is 1.57. The number of benzene rings is 2. The lowest BCUT2D eigenvalue weighted by Crippen LogP contribution is -2.24. The van der Waals surface area contributed by atoms with Gasteiger partial charge in [0.15, 0.2) is 11.6 Å². The van der Waals surface area contributed by atoms with E-state index in [9.17, 15) is 22.0 Å². The van der Waals surface area contributed by atoms with Crippen LogP contribution in [0.2, 0.25) is 0 Å². The molecule has 5 nitrogen and oxygen atoms in total. The summed E-state index contributed by atoms with van der Waals surface area (Å²) in [4.78, 5) is 12.1. The van der Waals surface area contributed by atoms with Crippen molar-refractivity contribution >= 4 is 21.6 Å². The van der Waals surface area contributed by atoms with Gasteiger partial charge >= 0.3 is 0 Å². The maximum absolute atomic E-state index is 13.2. The number of unbranched alkanes of at least 4 members (excludes halogenated alkanes) is 1. The minimum absolute atomic E-state index is 0.00619. The Hall–Kier alpha value is -2.32. The molecule has 0 fully saturated rings. The highest BCUT2D eigenvalue weighted by Crippen LogP contribution is 2.17. The number of anilines is 1. The summed E-state index contributed by atoms with van der Waals surface area (Å²) in [5.74, 6) is -2.86. The molecule has 2 rings (SSSR count). The Bertz CT molecular complexity index is 870. The quantitative estimate of drug-likeness (QED) is 0.737. The highest BCUT2D eigenvalue weighted by Gasteiger charge is 2.15.